The SMILES string of the molecule is CCOCCCC(=O)N(C)Cc1ccccc1C. The van der Waals surface area contributed by atoms with Crippen molar-refractivity contribution in [2.24, 2.45) is 0 Å². The van der Waals surface area contributed by atoms with Crippen LogP contribution < -0.4 is 0 Å². The van der Waals surface area contributed by atoms with Crippen molar-refractivity contribution in [1.82, 2.24) is 4.90 Å². The number of aryl methyl sites for hydroxylation is 1. The third-order valence-corrected chi connectivity index (χ3v) is 2.98. The molecule has 1 aromatic rings. The van der Waals surface area contributed by atoms with E-state index in [1.165, 1.54) is 11.1 Å². The number of benzene rings is 1. The molecule has 0 atom stereocenters. The topological polar surface area (TPSA) is 29.5 Å². The van der Waals surface area contributed by atoms with Gasteiger partial charge >= 0.3 is 0 Å². The maximum absolute atomic E-state index is 11.9. The molecule has 0 aliphatic rings. The Bertz CT molecular complexity index is 377. The van der Waals surface area contributed by atoms with Crippen molar-refractivity contribution in [3.05, 3.63) is 35.4 Å². The molecule has 18 heavy (non-hydrogen) atoms. The Kier molecular flexibility index (Phi) is 6.44. The average molecular weight is 249 g/mol. The predicted octanol–water partition coefficient (Wildman–Crippen LogP) is 2.77. The van der Waals surface area contributed by atoms with Gasteiger partial charge in [0.15, 0.2) is 0 Å². The Balaban J connectivity index is 2.38. The molecule has 3 nitrogen and oxygen atoms in total. The van der Waals surface area contributed by atoms with Crippen molar-refractivity contribution in [2.75, 3.05) is 20.3 Å². The third-order valence-electron chi connectivity index (χ3n) is 2.98. The quantitative estimate of drug-likeness (QED) is 0.695. The van der Waals surface area contributed by atoms with Crippen molar-refractivity contribution in [1.29, 1.82) is 0 Å². The Morgan fingerprint density at radius 3 is 2.72 bits per heavy atom. The van der Waals surface area contributed by atoms with E-state index in [2.05, 4.69) is 19.1 Å². The van der Waals surface area contributed by atoms with Gasteiger partial charge in [0.2, 0.25) is 5.91 Å². The van der Waals surface area contributed by atoms with Crippen molar-refractivity contribution in [3.63, 3.8) is 0 Å². The summed E-state index contributed by atoms with van der Waals surface area (Å²) in [7, 11) is 1.86. The number of nitrogens with zero attached hydrogens (tertiary/aromatic N) is 1. The van der Waals surface area contributed by atoms with Crippen LogP contribution in [0.5, 0.6) is 0 Å². The van der Waals surface area contributed by atoms with Gasteiger partial charge in [-0.25, -0.2) is 0 Å². The van der Waals surface area contributed by atoms with Crippen LogP contribution in [0, 0.1) is 6.92 Å². The largest absolute Gasteiger partial charge is 0.382 e. The van der Waals surface area contributed by atoms with E-state index in [0.29, 0.717) is 26.2 Å². The van der Waals surface area contributed by atoms with E-state index in [1.807, 2.05) is 26.1 Å². The van der Waals surface area contributed by atoms with E-state index in [0.717, 1.165) is 6.42 Å². The lowest BCUT2D eigenvalue weighted by molar-refractivity contribution is -0.130. The second-order valence-corrected chi connectivity index (χ2v) is 4.48. The standard InChI is InChI=1S/C15H23NO2/c1-4-18-11-7-10-15(17)16(3)12-14-9-6-5-8-13(14)2/h5-6,8-9H,4,7,10-12H2,1-3H3. The average Bonchev–Trinajstić information content (AvgIpc) is 2.37. The molecule has 1 rings (SSSR count). The van der Waals surface area contributed by atoms with Gasteiger partial charge in [0, 0.05) is 33.2 Å². The van der Waals surface area contributed by atoms with Crippen LogP contribution in [0.3, 0.4) is 0 Å². The zero-order chi connectivity index (χ0) is 13.4. The van der Waals surface area contributed by atoms with E-state index in [4.69, 9.17) is 4.74 Å². The molecule has 0 aromatic heterocycles. The van der Waals surface area contributed by atoms with Gasteiger partial charge in [-0.1, -0.05) is 24.3 Å². The summed E-state index contributed by atoms with van der Waals surface area (Å²) in [5.41, 5.74) is 2.43. The van der Waals surface area contributed by atoms with Crippen molar-refractivity contribution in [3.8, 4) is 0 Å². The molecular formula is C15H23NO2. The van der Waals surface area contributed by atoms with Crippen LogP contribution in [0.15, 0.2) is 24.3 Å². The maximum Gasteiger partial charge on any atom is 0.222 e. The molecule has 1 aromatic carbocycles. The van der Waals surface area contributed by atoms with Gasteiger partial charge < -0.3 is 9.64 Å². The summed E-state index contributed by atoms with van der Waals surface area (Å²) in [5, 5.41) is 0. The normalized spacial score (nSPS) is 10.4. The minimum Gasteiger partial charge on any atom is -0.382 e. The highest BCUT2D eigenvalue weighted by molar-refractivity contribution is 5.75. The molecule has 0 unspecified atom stereocenters. The summed E-state index contributed by atoms with van der Waals surface area (Å²) in [5.74, 6) is 0.179. The number of hydrogen-bond donors (Lipinski definition) is 0. The first kappa shape index (κ1) is 14.7. The highest BCUT2D eigenvalue weighted by atomic mass is 16.5. The van der Waals surface area contributed by atoms with Crippen LogP contribution in [-0.4, -0.2) is 31.1 Å². The fourth-order valence-corrected chi connectivity index (χ4v) is 1.79. The molecule has 0 saturated carbocycles. The molecular weight excluding hydrogens is 226 g/mol. The minimum atomic E-state index is 0.179. The van der Waals surface area contributed by atoms with Gasteiger partial charge in [0.1, 0.15) is 0 Å². The number of rotatable bonds is 7. The molecule has 0 saturated heterocycles. The fraction of sp³-hybridized carbons (Fsp3) is 0.533. The number of carbonyl (C=O) groups excluding carboxylic acids is 1. The van der Waals surface area contributed by atoms with Crippen LogP contribution in [0.25, 0.3) is 0 Å². The van der Waals surface area contributed by atoms with Crippen LogP contribution in [0.1, 0.15) is 30.9 Å². The predicted molar refractivity (Wildman–Crippen MR) is 73.4 cm³/mol. The number of amides is 1. The Hall–Kier alpha value is -1.35. The van der Waals surface area contributed by atoms with Gasteiger partial charge in [-0.2, -0.15) is 0 Å². The minimum absolute atomic E-state index is 0.179. The number of hydrogen-bond acceptors (Lipinski definition) is 2. The van der Waals surface area contributed by atoms with E-state index >= 15 is 0 Å². The van der Waals surface area contributed by atoms with Gasteiger partial charge in [0.05, 0.1) is 0 Å². The lowest BCUT2D eigenvalue weighted by Crippen LogP contribution is -2.26. The van der Waals surface area contributed by atoms with Gasteiger partial charge in [0.25, 0.3) is 0 Å². The highest BCUT2D eigenvalue weighted by Gasteiger charge is 2.09. The Morgan fingerprint density at radius 2 is 2.06 bits per heavy atom. The number of carbonyl (C=O) groups is 1. The molecule has 0 heterocycles. The molecule has 0 fully saturated rings. The van der Waals surface area contributed by atoms with E-state index in [1.54, 1.807) is 4.90 Å². The summed E-state index contributed by atoms with van der Waals surface area (Å²) in [6, 6.07) is 8.17. The van der Waals surface area contributed by atoms with Crippen LogP contribution in [-0.2, 0) is 16.1 Å². The molecule has 1 amide bonds. The maximum atomic E-state index is 11.9. The van der Waals surface area contributed by atoms with Gasteiger partial charge in [-0.15, -0.1) is 0 Å². The summed E-state index contributed by atoms with van der Waals surface area (Å²) < 4.78 is 5.23. The molecule has 0 bridgehead atoms. The zero-order valence-electron chi connectivity index (χ0n) is 11.6. The molecule has 0 spiro atoms. The first-order chi connectivity index (χ1) is 8.65. The lowest BCUT2D eigenvalue weighted by Gasteiger charge is -2.18. The van der Waals surface area contributed by atoms with E-state index < -0.39 is 0 Å². The van der Waals surface area contributed by atoms with Gasteiger partial charge in [-0.05, 0) is 31.4 Å². The van der Waals surface area contributed by atoms with E-state index in [-0.39, 0.29) is 5.91 Å². The smallest absolute Gasteiger partial charge is 0.222 e. The van der Waals surface area contributed by atoms with E-state index in [9.17, 15) is 4.79 Å². The molecule has 0 aliphatic carbocycles. The van der Waals surface area contributed by atoms with Crippen LogP contribution in [0.2, 0.25) is 0 Å². The first-order valence-corrected chi connectivity index (χ1v) is 6.51. The first-order valence-electron chi connectivity index (χ1n) is 6.51. The Labute approximate surface area is 110 Å². The molecule has 0 radical (unpaired) electrons. The Morgan fingerprint density at radius 1 is 1.33 bits per heavy atom. The van der Waals surface area contributed by atoms with Crippen molar-refractivity contribution in [2.45, 2.75) is 33.2 Å². The van der Waals surface area contributed by atoms with Crippen molar-refractivity contribution < 1.29 is 9.53 Å². The van der Waals surface area contributed by atoms with Crippen LogP contribution in [0.4, 0.5) is 0 Å². The molecule has 100 valence electrons. The second-order valence-electron chi connectivity index (χ2n) is 4.48. The summed E-state index contributed by atoms with van der Waals surface area (Å²) in [4.78, 5) is 13.7. The molecule has 0 aliphatic heterocycles. The molecule has 0 N–H and O–H groups in total. The zero-order valence-corrected chi connectivity index (χ0v) is 11.6. The van der Waals surface area contributed by atoms with Crippen molar-refractivity contribution >= 4 is 5.91 Å². The summed E-state index contributed by atoms with van der Waals surface area (Å²) >= 11 is 0. The highest BCUT2D eigenvalue weighted by Crippen LogP contribution is 2.10. The van der Waals surface area contributed by atoms with Gasteiger partial charge in [-0.3, -0.25) is 4.79 Å². The molecule has 3 heteroatoms. The van der Waals surface area contributed by atoms with Crippen LogP contribution >= 0.6 is 0 Å². The number of ether oxygens (including phenoxy) is 1. The third kappa shape index (κ3) is 4.88. The summed E-state index contributed by atoms with van der Waals surface area (Å²) in [6.07, 6.45) is 1.35. The second kappa shape index (κ2) is 7.88. The lowest BCUT2D eigenvalue weighted by atomic mass is 10.1. The monoisotopic (exact) mass is 249 g/mol. The summed E-state index contributed by atoms with van der Waals surface area (Å²) in [6.45, 7) is 6.10. The fourth-order valence-electron chi connectivity index (χ4n) is 1.79.